The summed E-state index contributed by atoms with van der Waals surface area (Å²) in [5.41, 5.74) is -0.375. The first kappa shape index (κ1) is 15.4. The summed E-state index contributed by atoms with van der Waals surface area (Å²) in [6.07, 6.45) is 2.45. The number of carboxylic acid groups (broad SMARTS) is 1. The fourth-order valence-corrected chi connectivity index (χ4v) is 3.33. The number of halogens is 2. The lowest BCUT2D eigenvalue weighted by molar-refractivity contribution is -0.155. The van der Waals surface area contributed by atoms with Crippen molar-refractivity contribution >= 4 is 21.9 Å². The smallest absolute Gasteiger partial charge is 0.323 e. The van der Waals surface area contributed by atoms with Crippen molar-refractivity contribution in [3.63, 3.8) is 0 Å². The maximum absolute atomic E-state index is 14.1. The molecular weight excluding hydrogens is 325 g/mol. The molecule has 110 valence electrons. The van der Waals surface area contributed by atoms with E-state index >= 15 is 0 Å². The summed E-state index contributed by atoms with van der Waals surface area (Å²) in [5, 5.41) is 9.53. The quantitative estimate of drug-likeness (QED) is 0.902. The molecule has 1 aromatic carbocycles. The summed E-state index contributed by atoms with van der Waals surface area (Å²) in [6, 6.07) is 4.68. The Bertz CT molecular complexity index is 523. The first-order chi connectivity index (χ1) is 9.36. The van der Waals surface area contributed by atoms with Gasteiger partial charge in [-0.3, -0.25) is 9.69 Å². The molecule has 0 bridgehead atoms. The van der Waals surface area contributed by atoms with Gasteiger partial charge in [0.05, 0.1) is 0 Å². The lowest BCUT2D eigenvalue weighted by Crippen LogP contribution is -2.55. The predicted molar refractivity (Wildman–Crippen MR) is 79.1 cm³/mol. The zero-order valence-corrected chi connectivity index (χ0v) is 13.3. The first-order valence-electron chi connectivity index (χ1n) is 6.81. The number of carboxylic acids is 1. The minimum atomic E-state index is -0.919. The molecule has 0 spiro atoms. The Morgan fingerprint density at radius 2 is 2.20 bits per heavy atom. The molecule has 1 aliphatic heterocycles. The number of rotatable bonds is 3. The van der Waals surface area contributed by atoms with Crippen molar-refractivity contribution in [3.8, 4) is 0 Å². The van der Waals surface area contributed by atoms with Gasteiger partial charge in [0.2, 0.25) is 0 Å². The standard InChI is InChI=1S/C15H19BrFNO2/c1-10(12-6-5-11(16)9-13(12)17)18-8-4-3-7-15(18,2)14(19)20/h5-6,9-10H,3-4,7-8H2,1-2H3,(H,19,20). The van der Waals surface area contributed by atoms with Crippen LogP contribution >= 0.6 is 15.9 Å². The van der Waals surface area contributed by atoms with Crippen LogP contribution in [-0.4, -0.2) is 28.1 Å². The van der Waals surface area contributed by atoms with Crippen molar-refractivity contribution in [2.75, 3.05) is 6.54 Å². The zero-order valence-electron chi connectivity index (χ0n) is 11.7. The van der Waals surface area contributed by atoms with E-state index in [1.807, 2.05) is 11.8 Å². The van der Waals surface area contributed by atoms with Crippen LogP contribution in [0, 0.1) is 5.82 Å². The van der Waals surface area contributed by atoms with E-state index in [4.69, 9.17) is 0 Å². The number of piperidine rings is 1. The van der Waals surface area contributed by atoms with Gasteiger partial charge < -0.3 is 5.11 Å². The first-order valence-corrected chi connectivity index (χ1v) is 7.60. The summed E-state index contributed by atoms with van der Waals surface area (Å²) in [5.74, 6) is -1.13. The van der Waals surface area contributed by atoms with E-state index in [1.54, 1.807) is 19.1 Å². The molecule has 20 heavy (non-hydrogen) atoms. The molecule has 0 aliphatic carbocycles. The molecule has 0 amide bonds. The van der Waals surface area contributed by atoms with Gasteiger partial charge in [-0.05, 0) is 51.8 Å². The van der Waals surface area contributed by atoms with Gasteiger partial charge in [-0.2, -0.15) is 0 Å². The third kappa shape index (κ3) is 2.74. The highest BCUT2D eigenvalue weighted by molar-refractivity contribution is 9.10. The predicted octanol–water partition coefficient (Wildman–Crippen LogP) is 3.98. The van der Waals surface area contributed by atoms with Crippen LogP contribution in [0.4, 0.5) is 4.39 Å². The van der Waals surface area contributed by atoms with E-state index in [2.05, 4.69) is 15.9 Å². The van der Waals surface area contributed by atoms with Crippen LogP contribution in [0.1, 0.15) is 44.7 Å². The lowest BCUT2D eigenvalue weighted by atomic mass is 9.86. The molecule has 1 aromatic rings. The number of hydrogen-bond acceptors (Lipinski definition) is 2. The Morgan fingerprint density at radius 1 is 1.50 bits per heavy atom. The Labute approximate surface area is 126 Å². The summed E-state index contributed by atoms with van der Waals surface area (Å²) < 4.78 is 14.8. The van der Waals surface area contributed by atoms with Gasteiger partial charge in [-0.1, -0.05) is 22.0 Å². The fourth-order valence-electron chi connectivity index (χ4n) is 3.00. The van der Waals surface area contributed by atoms with Gasteiger partial charge in [0.1, 0.15) is 11.4 Å². The third-order valence-corrected chi connectivity index (χ3v) is 4.78. The number of nitrogens with zero attached hydrogens (tertiary/aromatic N) is 1. The van der Waals surface area contributed by atoms with Crippen molar-refractivity contribution in [2.45, 2.75) is 44.7 Å². The summed E-state index contributed by atoms with van der Waals surface area (Å²) in [4.78, 5) is 13.5. The Kier molecular flexibility index (Phi) is 4.49. The van der Waals surface area contributed by atoms with Gasteiger partial charge in [0, 0.05) is 16.1 Å². The molecule has 1 aliphatic rings. The highest BCUT2D eigenvalue weighted by Crippen LogP contribution is 2.36. The fraction of sp³-hybridized carbons (Fsp3) is 0.533. The van der Waals surface area contributed by atoms with E-state index in [9.17, 15) is 14.3 Å². The SMILES string of the molecule is CC(c1ccc(Br)cc1F)N1CCCCC1(C)C(=O)O. The summed E-state index contributed by atoms with van der Waals surface area (Å²) in [7, 11) is 0. The van der Waals surface area contributed by atoms with Crippen LogP contribution in [0.25, 0.3) is 0 Å². The average molecular weight is 344 g/mol. The van der Waals surface area contributed by atoms with Crippen molar-refractivity contribution < 1.29 is 14.3 Å². The van der Waals surface area contributed by atoms with Crippen molar-refractivity contribution in [1.82, 2.24) is 4.90 Å². The van der Waals surface area contributed by atoms with E-state index in [-0.39, 0.29) is 11.9 Å². The Hall–Kier alpha value is -0.940. The van der Waals surface area contributed by atoms with E-state index in [0.29, 0.717) is 23.0 Å². The van der Waals surface area contributed by atoms with Crippen molar-refractivity contribution in [1.29, 1.82) is 0 Å². The monoisotopic (exact) mass is 343 g/mol. The lowest BCUT2D eigenvalue weighted by Gasteiger charge is -2.45. The molecule has 1 saturated heterocycles. The number of aliphatic carboxylic acids is 1. The molecule has 5 heteroatoms. The van der Waals surface area contributed by atoms with Gasteiger partial charge in [-0.25, -0.2) is 4.39 Å². The van der Waals surface area contributed by atoms with Crippen LogP contribution in [0.2, 0.25) is 0 Å². The molecule has 1 heterocycles. The van der Waals surface area contributed by atoms with Gasteiger partial charge in [-0.15, -0.1) is 0 Å². The maximum Gasteiger partial charge on any atom is 0.323 e. The van der Waals surface area contributed by atoms with E-state index < -0.39 is 11.5 Å². The van der Waals surface area contributed by atoms with Crippen LogP contribution in [0.15, 0.2) is 22.7 Å². The Morgan fingerprint density at radius 3 is 2.80 bits per heavy atom. The normalized spacial score (nSPS) is 25.4. The molecule has 1 N–H and O–H groups in total. The molecule has 2 rings (SSSR count). The van der Waals surface area contributed by atoms with Crippen molar-refractivity contribution in [2.24, 2.45) is 0 Å². The van der Waals surface area contributed by atoms with Crippen LogP contribution < -0.4 is 0 Å². The minimum absolute atomic E-state index is 0.260. The molecule has 1 fully saturated rings. The number of hydrogen-bond donors (Lipinski definition) is 1. The number of benzene rings is 1. The second-order valence-corrected chi connectivity index (χ2v) is 6.49. The molecule has 2 unspecified atom stereocenters. The van der Waals surface area contributed by atoms with E-state index in [1.165, 1.54) is 6.07 Å². The molecule has 0 saturated carbocycles. The largest absolute Gasteiger partial charge is 0.480 e. The molecule has 0 aromatic heterocycles. The van der Waals surface area contributed by atoms with Crippen LogP contribution in [0.5, 0.6) is 0 Å². The summed E-state index contributed by atoms with van der Waals surface area (Å²) in [6.45, 7) is 4.29. The second-order valence-electron chi connectivity index (χ2n) is 5.57. The van der Waals surface area contributed by atoms with Gasteiger partial charge >= 0.3 is 5.97 Å². The van der Waals surface area contributed by atoms with Gasteiger partial charge in [0.25, 0.3) is 0 Å². The number of likely N-dealkylation sites (tertiary alicyclic amines) is 1. The molecular formula is C15H19BrFNO2. The van der Waals surface area contributed by atoms with E-state index in [0.717, 1.165) is 12.8 Å². The minimum Gasteiger partial charge on any atom is -0.480 e. The number of carbonyl (C=O) groups is 1. The molecule has 3 nitrogen and oxygen atoms in total. The highest BCUT2D eigenvalue weighted by Gasteiger charge is 2.44. The van der Waals surface area contributed by atoms with Crippen molar-refractivity contribution in [3.05, 3.63) is 34.1 Å². The maximum atomic E-state index is 14.1. The molecule has 2 atom stereocenters. The van der Waals surface area contributed by atoms with Crippen LogP contribution in [0.3, 0.4) is 0 Å². The van der Waals surface area contributed by atoms with Gasteiger partial charge in [0.15, 0.2) is 0 Å². The average Bonchev–Trinajstić information content (AvgIpc) is 2.38. The topological polar surface area (TPSA) is 40.5 Å². The Balaban J connectivity index is 2.35. The second kappa shape index (κ2) is 5.82. The third-order valence-electron chi connectivity index (χ3n) is 4.29. The summed E-state index contributed by atoms with van der Waals surface area (Å²) >= 11 is 3.24. The van der Waals surface area contributed by atoms with Crippen LogP contribution in [-0.2, 0) is 4.79 Å². The molecule has 0 radical (unpaired) electrons. The highest BCUT2D eigenvalue weighted by atomic mass is 79.9. The zero-order chi connectivity index (χ0) is 14.9.